The molecule has 0 spiro atoms. The zero-order valence-corrected chi connectivity index (χ0v) is 20.7. The maximum Gasteiger partial charge on any atom is 0.258 e. The Bertz CT molecular complexity index is 1340. The number of methoxy groups -OCH3 is 1. The summed E-state index contributed by atoms with van der Waals surface area (Å²) in [4.78, 5) is 7.76. The van der Waals surface area contributed by atoms with Crippen molar-refractivity contribution in [2.75, 3.05) is 12.0 Å². The number of aryl methyl sites for hydroxylation is 1. The second kappa shape index (κ2) is 9.40. The first-order valence-corrected chi connectivity index (χ1v) is 12.3. The van der Waals surface area contributed by atoms with E-state index in [2.05, 4.69) is 41.7 Å². The minimum absolute atomic E-state index is 0.249. The molecule has 3 heterocycles. The average Bonchev–Trinajstić information content (AvgIpc) is 3.56. The number of nitrogens with one attached hydrogen (secondary N) is 1. The molecule has 2 aromatic heterocycles. The molecule has 1 aliphatic heterocycles. The van der Waals surface area contributed by atoms with Gasteiger partial charge in [-0.2, -0.15) is 4.98 Å². The number of rotatable bonds is 6. The predicted molar refractivity (Wildman–Crippen MR) is 140 cm³/mol. The second-order valence-corrected chi connectivity index (χ2v) is 9.25. The molecule has 172 valence electrons. The summed E-state index contributed by atoms with van der Waals surface area (Å²) in [7, 11) is 1.66. The van der Waals surface area contributed by atoms with Gasteiger partial charge < -0.3 is 14.6 Å². The fourth-order valence-electron chi connectivity index (χ4n) is 4.13. The summed E-state index contributed by atoms with van der Waals surface area (Å²) < 4.78 is 11.2. The Morgan fingerprint density at radius 1 is 1.15 bits per heavy atom. The second-order valence-electron chi connectivity index (χ2n) is 7.91. The van der Waals surface area contributed by atoms with Crippen molar-refractivity contribution >= 4 is 39.9 Å². The highest BCUT2D eigenvalue weighted by molar-refractivity contribution is 7.80. The van der Waals surface area contributed by atoms with E-state index in [1.165, 1.54) is 5.56 Å². The molecule has 1 atom stereocenters. The van der Waals surface area contributed by atoms with E-state index in [4.69, 9.17) is 26.5 Å². The third-order valence-electron chi connectivity index (χ3n) is 5.91. The van der Waals surface area contributed by atoms with Crippen molar-refractivity contribution in [1.29, 1.82) is 0 Å². The Morgan fingerprint density at radius 2 is 1.97 bits per heavy atom. The largest absolute Gasteiger partial charge is 0.497 e. The monoisotopic (exact) mass is 488 g/mol. The van der Waals surface area contributed by atoms with E-state index >= 15 is 0 Å². The van der Waals surface area contributed by atoms with E-state index in [0.29, 0.717) is 16.8 Å². The van der Waals surface area contributed by atoms with Gasteiger partial charge in [0.25, 0.3) is 5.89 Å². The van der Waals surface area contributed by atoms with Gasteiger partial charge in [-0.05, 0) is 72.4 Å². The number of aromatic nitrogens is 2. The van der Waals surface area contributed by atoms with Gasteiger partial charge in [0.05, 0.1) is 23.6 Å². The van der Waals surface area contributed by atoms with Gasteiger partial charge in [-0.25, -0.2) is 0 Å². The number of thiophene rings is 1. The Labute approximate surface area is 207 Å². The Kier molecular flexibility index (Phi) is 6.17. The lowest BCUT2D eigenvalue weighted by atomic mass is 9.94. The predicted octanol–water partition coefficient (Wildman–Crippen LogP) is 6.24. The molecule has 0 saturated carbocycles. The zero-order valence-electron chi connectivity index (χ0n) is 19.1. The molecule has 4 aromatic rings. The molecule has 34 heavy (non-hydrogen) atoms. The van der Waals surface area contributed by atoms with Crippen LogP contribution in [0.5, 0.6) is 5.75 Å². The van der Waals surface area contributed by atoms with E-state index < -0.39 is 0 Å². The number of hydrogen-bond acceptors (Lipinski definition) is 6. The van der Waals surface area contributed by atoms with Gasteiger partial charge in [-0.3, -0.25) is 4.90 Å². The molecule has 0 amide bonds. The molecule has 0 saturated heterocycles. The third-order valence-corrected chi connectivity index (χ3v) is 7.08. The first kappa shape index (κ1) is 22.3. The number of allylic oxidation sites excluding steroid dienone is 1. The third kappa shape index (κ3) is 4.10. The Balaban J connectivity index is 1.65. The van der Waals surface area contributed by atoms with Crippen molar-refractivity contribution in [2.24, 2.45) is 0 Å². The van der Waals surface area contributed by atoms with Gasteiger partial charge in [-0.1, -0.05) is 42.4 Å². The highest BCUT2D eigenvalue weighted by Gasteiger charge is 2.35. The van der Waals surface area contributed by atoms with Crippen LogP contribution in [-0.4, -0.2) is 22.4 Å². The molecular weight excluding hydrogens is 464 g/mol. The summed E-state index contributed by atoms with van der Waals surface area (Å²) in [6.07, 6.45) is 0.944. The van der Waals surface area contributed by atoms with Crippen LogP contribution < -0.4 is 15.0 Å². The normalized spacial score (nSPS) is 16.0. The average molecular weight is 489 g/mol. The number of ether oxygens (including phenoxy) is 1. The van der Waals surface area contributed by atoms with E-state index in [1.807, 2.05) is 53.6 Å². The fraction of sp³-hybridized carbons (Fsp3) is 0.192. The summed E-state index contributed by atoms with van der Waals surface area (Å²) in [5.41, 5.74) is 5.09. The maximum absolute atomic E-state index is 5.86. The van der Waals surface area contributed by atoms with Crippen LogP contribution in [0.3, 0.4) is 0 Å². The number of benzene rings is 2. The van der Waals surface area contributed by atoms with E-state index in [1.54, 1.807) is 18.4 Å². The number of nitrogens with zero attached hydrogens (tertiary/aromatic N) is 3. The molecule has 5 rings (SSSR count). The molecule has 0 bridgehead atoms. The van der Waals surface area contributed by atoms with Crippen LogP contribution in [0, 0.1) is 0 Å². The molecule has 6 nitrogen and oxygen atoms in total. The minimum atomic E-state index is -0.249. The molecule has 8 heteroatoms. The first-order valence-electron chi connectivity index (χ1n) is 11.0. The van der Waals surface area contributed by atoms with Gasteiger partial charge >= 0.3 is 0 Å². The van der Waals surface area contributed by atoms with Gasteiger partial charge in [0.15, 0.2) is 5.11 Å². The molecule has 1 aliphatic rings. The SMILES string of the molecule is CCc1cccc(N2C(=S)NC(c3ccc(OC)cc3)C(c3nc(-c4cccs4)no3)=C2C)c1. The summed E-state index contributed by atoms with van der Waals surface area (Å²) in [5.74, 6) is 1.83. The lowest BCUT2D eigenvalue weighted by molar-refractivity contribution is 0.404. The standard InChI is InChI=1S/C26H24N4O2S2/c1-4-17-7-5-8-19(15-17)30-16(2)22(25-28-24(29-32-25)21-9-6-14-34-21)23(27-26(30)33)18-10-12-20(31-3)13-11-18/h5-15,23H,4H2,1-3H3,(H,27,33). The molecule has 2 aromatic carbocycles. The zero-order chi connectivity index (χ0) is 23.7. The van der Waals surface area contributed by atoms with E-state index in [9.17, 15) is 0 Å². The van der Waals surface area contributed by atoms with Crippen molar-refractivity contribution in [3.8, 4) is 16.5 Å². The quantitative estimate of drug-likeness (QED) is 0.323. The molecule has 0 radical (unpaired) electrons. The van der Waals surface area contributed by atoms with Crippen molar-refractivity contribution < 1.29 is 9.26 Å². The smallest absolute Gasteiger partial charge is 0.258 e. The lowest BCUT2D eigenvalue weighted by Gasteiger charge is -2.37. The van der Waals surface area contributed by atoms with E-state index in [0.717, 1.165) is 39.6 Å². The highest BCUT2D eigenvalue weighted by Crippen LogP contribution is 2.40. The Hall–Kier alpha value is -3.49. The van der Waals surface area contributed by atoms with Gasteiger partial charge in [0, 0.05) is 11.4 Å². The lowest BCUT2D eigenvalue weighted by Crippen LogP contribution is -2.46. The fourth-order valence-corrected chi connectivity index (χ4v) is 5.14. The van der Waals surface area contributed by atoms with Crippen molar-refractivity contribution in [3.63, 3.8) is 0 Å². The molecule has 0 aliphatic carbocycles. The van der Waals surface area contributed by atoms with Crippen LogP contribution in [0.4, 0.5) is 5.69 Å². The van der Waals surface area contributed by atoms with Gasteiger partial charge in [0.1, 0.15) is 5.75 Å². The van der Waals surface area contributed by atoms with Crippen molar-refractivity contribution in [2.45, 2.75) is 26.3 Å². The van der Waals surface area contributed by atoms with Crippen molar-refractivity contribution in [1.82, 2.24) is 15.5 Å². The van der Waals surface area contributed by atoms with Crippen molar-refractivity contribution in [3.05, 3.63) is 88.8 Å². The van der Waals surface area contributed by atoms with Crippen LogP contribution >= 0.6 is 23.6 Å². The summed E-state index contributed by atoms with van der Waals surface area (Å²) >= 11 is 7.43. The molecule has 1 N–H and O–H groups in total. The van der Waals surface area contributed by atoms with Crippen LogP contribution in [0.15, 0.2) is 76.3 Å². The van der Waals surface area contributed by atoms with E-state index in [-0.39, 0.29) is 6.04 Å². The highest BCUT2D eigenvalue weighted by atomic mass is 32.1. The minimum Gasteiger partial charge on any atom is -0.497 e. The topological polar surface area (TPSA) is 63.4 Å². The van der Waals surface area contributed by atoms with Crippen LogP contribution in [-0.2, 0) is 6.42 Å². The summed E-state index contributed by atoms with van der Waals surface area (Å²) in [6, 6.07) is 20.0. The Morgan fingerprint density at radius 3 is 2.68 bits per heavy atom. The summed E-state index contributed by atoms with van der Waals surface area (Å²) in [5, 5.41) is 10.4. The number of hydrogen-bond donors (Lipinski definition) is 1. The number of thiocarbonyl (C=S) groups is 1. The van der Waals surface area contributed by atoms with Crippen LogP contribution in [0.2, 0.25) is 0 Å². The molecule has 0 fully saturated rings. The first-order chi connectivity index (χ1) is 16.6. The molecular formula is C26H24N4O2S2. The van der Waals surface area contributed by atoms with Gasteiger partial charge in [0.2, 0.25) is 5.82 Å². The summed E-state index contributed by atoms with van der Waals surface area (Å²) in [6.45, 7) is 4.19. The van der Waals surface area contributed by atoms with Crippen LogP contribution in [0.25, 0.3) is 16.3 Å². The van der Waals surface area contributed by atoms with Crippen LogP contribution in [0.1, 0.15) is 36.9 Å². The molecule has 1 unspecified atom stereocenters. The number of anilines is 1. The van der Waals surface area contributed by atoms with Gasteiger partial charge in [-0.15, -0.1) is 11.3 Å². The maximum atomic E-state index is 5.86.